The first-order chi connectivity index (χ1) is 10.9. The van der Waals surface area contributed by atoms with E-state index in [9.17, 15) is 18.0 Å². The minimum atomic E-state index is -4.40. The van der Waals surface area contributed by atoms with Crippen molar-refractivity contribution >= 4 is 16.9 Å². The first-order valence-corrected chi connectivity index (χ1v) is 6.64. The van der Waals surface area contributed by atoms with E-state index in [1.54, 1.807) is 24.3 Å². The Balaban J connectivity index is 2.02. The number of halogens is 3. The van der Waals surface area contributed by atoms with E-state index < -0.39 is 17.7 Å². The number of methoxy groups -OCH3 is 1. The number of nitrogens with zero attached hydrogens (tertiary/aromatic N) is 1. The molecule has 2 aromatic carbocycles. The highest BCUT2D eigenvalue weighted by Crippen LogP contribution is 2.33. The molecule has 0 radical (unpaired) electrons. The van der Waals surface area contributed by atoms with Gasteiger partial charge in [0.2, 0.25) is 0 Å². The van der Waals surface area contributed by atoms with Gasteiger partial charge in [-0.1, -0.05) is 12.1 Å². The van der Waals surface area contributed by atoms with Crippen LogP contribution in [0.15, 0.2) is 42.5 Å². The van der Waals surface area contributed by atoms with Gasteiger partial charge in [-0.05, 0) is 30.3 Å². The van der Waals surface area contributed by atoms with Crippen LogP contribution in [0.25, 0.3) is 22.2 Å². The summed E-state index contributed by atoms with van der Waals surface area (Å²) in [5, 5.41) is 7.25. The van der Waals surface area contributed by atoms with Crippen molar-refractivity contribution in [2.24, 2.45) is 0 Å². The Kier molecular flexibility index (Phi) is 3.55. The smallest absolute Gasteiger partial charge is 0.416 e. The minimum Gasteiger partial charge on any atom is -0.465 e. The second-order valence-electron chi connectivity index (χ2n) is 4.90. The van der Waals surface area contributed by atoms with Crippen LogP contribution in [-0.4, -0.2) is 23.3 Å². The van der Waals surface area contributed by atoms with Gasteiger partial charge in [-0.2, -0.15) is 18.3 Å². The van der Waals surface area contributed by atoms with Crippen LogP contribution in [0.2, 0.25) is 0 Å². The Bertz CT molecular complexity index is 867. The highest BCUT2D eigenvalue weighted by Gasteiger charge is 2.30. The second kappa shape index (κ2) is 5.42. The molecule has 1 aromatic heterocycles. The summed E-state index contributed by atoms with van der Waals surface area (Å²) in [6.07, 6.45) is -4.40. The monoisotopic (exact) mass is 320 g/mol. The number of alkyl halides is 3. The molecule has 0 aliphatic heterocycles. The second-order valence-corrected chi connectivity index (χ2v) is 4.90. The Hall–Kier alpha value is -2.83. The molecule has 0 aliphatic carbocycles. The highest BCUT2D eigenvalue weighted by molar-refractivity contribution is 5.94. The van der Waals surface area contributed by atoms with Gasteiger partial charge in [0.1, 0.15) is 0 Å². The molecule has 0 unspecified atom stereocenters. The summed E-state index contributed by atoms with van der Waals surface area (Å²) in [5.41, 5.74) is 1.15. The molecule has 3 rings (SSSR count). The number of H-pyrrole nitrogens is 1. The van der Waals surface area contributed by atoms with Crippen LogP contribution in [0.5, 0.6) is 0 Å². The molecule has 0 aliphatic rings. The molecule has 23 heavy (non-hydrogen) atoms. The third kappa shape index (κ3) is 2.77. The Labute approximate surface area is 128 Å². The number of rotatable bonds is 2. The van der Waals surface area contributed by atoms with Crippen LogP contribution in [-0.2, 0) is 10.9 Å². The summed E-state index contributed by atoms with van der Waals surface area (Å²) in [5.74, 6) is -0.460. The molecule has 0 bridgehead atoms. The lowest BCUT2D eigenvalue weighted by molar-refractivity contribution is -0.137. The van der Waals surface area contributed by atoms with Crippen molar-refractivity contribution in [3.05, 3.63) is 53.6 Å². The topological polar surface area (TPSA) is 55.0 Å². The van der Waals surface area contributed by atoms with Crippen LogP contribution in [0.3, 0.4) is 0 Å². The number of esters is 1. The molecule has 1 N–H and O–H groups in total. The first-order valence-electron chi connectivity index (χ1n) is 6.64. The minimum absolute atomic E-state index is 0.298. The molecule has 0 saturated heterocycles. The fourth-order valence-corrected chi connectivity index (χ4v) is 2.30. The number of hydrogen-bond acceptors (Lipinski definition) is 3. The zero-order valence-electron chi connectivity index (χ0n) is 11.9. The number of aromatic amines is 1. The molecule has 0 atom stereocenters. The van der Waals surface area contributed by atoms with E-state index >= 15 is 0 Å². The molecule has 0 spiro atoms. The number of ether oxygens (including phenoxy) is 1. The quantitative estimate of drug-likeness (QED) is 0.725. The standard InChI is InChI=1S/C16H11F3N2O2/c1-23-15(22)10-4-2-9(3-5-10)14-12-7-6-11(16(17,18)19)8-13(12)20-21-14/h2-8H,1H3,(H,20,21). The van der Waals surface area contributed by atoms with Gasteiger partial charge in [0.15, 0.2) is 0 Å². The largest absolute Gasteiger partial charge is 0.465 e. The van der Waals surface area contributed by atoms with Crippen molar-refractivity contribution in [2.75, 3.05) is 7.11 Å². The zero-order chi connectivity index (χ0) is 16.6. The van der Waals surface area contributed by atoms with Crippen molar-refractivity contribution in [3.8, 4) is 11.3 Å². The van der Waals surface area contributed by atoms with Crippen LogP contribution < -0.4 is 0 Å². The van der Waals surface area contributed by atoms with Crippen LogP contribution in [0, 0.1) is 0 Å². The van der Waals surface area contributed by atoms with E-state index in [2.05, 4.69) is 14.9 Å². The average molecular weight is 320 g/mol. The van der Waals surface area contributed by atoms with E-state index in [0.29, 0.717) is 27.7 Å². The highest BCUT2D eigenvalue weighted by atomic mass is 19.4. The normalized spacial score (nSPS) is 11.7. The zero-order valence-corrected chi connectivity index (χ0v) is 11.9. The van der Waals surface area contributed by atoms with Crippen molar-refractivity contribution in [2.45, 2.75) is 6.18 Å². The lowest BCUT2D eigenvalue weighted by Crippen LogP contribution is -2.04. The Morgan fingerprint density at radius 1 is 1.13 bits per heavy atom. The maximum Gasteiger partial charge on any atom is 0.416 e. The molecule has 0 saturated carbocycles. The number of aromatic nitrogens is 2. The summed E-state index contributed by atoms with van der Waals surface area (Å²) in [4.78, 5) is 11.4. The molecule has 3 aromatic rings. The molecular formula is C16H11F3N2O2. The molecule has 0 fully saturated rings. The number of fused-ring (bicyclic) bond motifs is 1. The first kappa shape index (κ1) is 15.1. The van der Waals surface area contributed by atoms with E-state index in [4.69, 9.17) is 0 Å². The fraction of sp³-hybridized carbons (Fsp3) is 0.125. The van der Waals surface area contributed by atoms with E-state index in [-0.39, 0.29) is 0 Å². The van der Waals surface area contributed by atoms with Gasteiger partial charge in [0.05, 0.1) is 29.4 Å². The van der Waals surface area contributed by atoms with Gasteiger partial charge in [0.25, 0.3) is 0 Å². The van der Waals surface area contributed by atoms with Gasteiger partial charge >= 0.3 is 12.1 Å². The predicted molar refractivity (Wildman–Crippen MR) is 77.9 cm³/mol. The number of carbonyl (C=O) groups is 1. The van der Waals surface area contributed by atoms with E-state index in [1.807, 2.05) is 0 Å². The summed E-state index contributed by atoms with van der Waals surface area (Å²) in [6, 6.07) is 9.90. The number of hydrogen-bond donors (Lipinski definition) is 1. The van der Waals surface area contributed by atoms with Gasteiger partial charge in [-0.15, -0.1) is 0 Å². The molecule has 1 heterocycles. The fourth-order valence-electron chi connectivity index (χ4n) is 2.30. The van der Waals surface area contributed by atoms with E-state index in [1.165, 1.54) is 13.2 Å². The maximum atomic E-state index is 12.7. The summed E-state index contributed by atoms with van der Waals surface area (Å²) in [6.45, 7) is 0. The van der Waals surface area contributed by atoms with Crippen molar-refractivity contribution < 1.29 is 22.7 Å². The number of carbonyl (C=O) groups excluding carboxylic acids is 1. The number of benzene rings is 2. The van der Waals surface area contributed by atoms with Crippen molar-refractivity contribution in [1.82, 2.24) is 10.2 Å². The van der Waals surface area contributed by atoms with Gasteiger partial charge in [0, 0.05) is 10.9 Å². The number of nitrogens with one attached hydrogen (secondary N) is 1. The van der Waals surface area contributed by atoms with Crippen molar-refractivity contribution in [3.63, 3.8) is 0 Å². The van der Waals surface area contributed by atoms with Crippen LogP contribution >= 0.6 is 0 Å². The van der Waals surface area contributed by atoms with Gasteiger partial charge in [-0.3, -0.25) is 5.10 Å². The molecule has 7 heteroatoms. The lowest BCUT2D eigenvalue weighted by Gasteiger charge is -2.06. The third-order valence-electron chi connectivity index (χ3n) is 3.47. The Morgan fingerprint density at radius 2 is 1.83 bits per heavy atom. The summed E-state index contributed by atoms with van der Waals surface area (Å²) in [7, 11) is 1.29. The van der Waals surface area contributed by atoms with Gasteiger partial charge in [-0.25, -0.2) is 4.79 Å². The third-order valence-corrected chi connectivity index (χ3v) is 3.47. The van der Waals surface area contributed by atoms with Crippen LogP contribution in [0.1, 0.15) is 15.9 Å². The van der Waals surface area contributed by atoms with Crippen molar-refractivity contribution in [1.29, 1.82) is 0 Å². The maximum absolute atomic E-state index is 12.7. The van der Waals surface area contributed by atoms with Gasteiger partial charge < -0.3 is 4.74 Å². The predicted octanol–water partition coefficient (Wildman–Crippen LogP) is 4.04. The molecular weight excluding hydrogens is 309 g/mol. The van der Waals surface area contributed by atoms with E-state index in [0.717, 1.165) is 12.1 Å². The Morgan fingerprint density at radius 3 is 2.43 bits per heavy atom. The molecule has 0 amide bonds. The average Bonchev–Trinajstić information content (AvgIpc) is 2.96. The molecule has 118 valence electrons. The SMILES string of the molecule is COC(=O)c1ccc(-c2n[nH]c3cc(C(F)(F)F)ccc23)cc1. The van der Waals surface area contributed by atoms with Crippen LogP contribution in [0.4, 0.5) is 13.2 Å². The molecule has 4 nitrogen and oxygen atoms in total. The summed E-state index contributed by atoms with van der Waals surface area (Å²) < 4.78 is 42.8. The summed E-state index contributed by atoms with van der Waals surface area (Å²) >= 11 is 0. The lowest BCUT2D eigenvalue weighted by atomic mass is 10.0.